The van der Waals surface area contributed by atoms with Gasteiger partial charge in [-0.15, -0.1) is 0 Å². The van der Waals surface area contributed by atoms with Gasteiger partial charge in [-0.25, -0.2) is 0 Å². The predicted molar refractivity (Wildman–Crippen MR) is 85.1 cm³/mol. The molecule has 2 nitrogen and oxygen atoms in total. The highest BCUT2D eigenvalue weighted by Crippen LogP contribution is 2.31. The lowest BCUT2D eigenvalue weighted by Gasteiger charge is -2.14. The van der Waals surface area contributed by atoms with Crippen LogP contribution in [0.4, 0.5) is 0 Å². The van der Waals surface area contributed by atoms with E-state index in [-0.39, 0.29) is 0 Å². The van der Waals surface area contributed by atoms with Crippen LogP contribution in [0.1, 0.15) is 18.1 Å². The van der Waals surface area contributed by atoms with Crippen LogP contribution in [0, 0.1) is 6.92 Å². The van der Waals surface area contributed by atoms with Gasteiger partial charge in [-0.2, -0.15) is 0 Å². The molecule has 2 aromatic carbocycles. The van der Waals surface area contributed by atoms with E-state index in [1.54, 1.807) is 0 Å². The molecule has 0 unspecified atom stereocenters. The minimum absolute atomic E-state index is 0.660. The van der Waals surface area contributed by atoms with Crippen molar-refractivity contribution >= 4 is 23.2 Å². The number of hydrogen-bond donors (Lipinski definition) is 1. The van der Waals surface area contributed by atoms with E-state index >= 15 is 0 Å². The maximum absolute atomic E-state index is 6.05. The largest absolute Gasteiger partial charge is 0.457 e. The lowest BCUT2D eigenvalue weighted by molar-refractivity contribution is 0.470. The fourth-order valence-corrected chi connectivity index (χ4v) is 2.20. The minimum atomic E-state index is 0.660. The summed E-state index contributed by atoms with van der Waals surface area (Å²) in [6, 6.07) is 11.2. The molecule has 1 N–H and O–H groups in total. The standard InChI is InChI=1S/C16H17Cl2NO/c1-3-19-10-12-8-13(17)6-7-15(12)20-16-9-14(18)5-4-11(16)2/h4-9,19H,3,10H2,1-2H3. The normalized spacial score (nSPS) is 10.6. The number of rotatable bonds is 5. The van der Waals surface area contributed by atoms with Gasteiger partial charge in [0.2, 0.25) is 0 Å². The maximum Gasteiger partial charge on any atom is 0.132 e. The van der Waals surface area contributed by atoms with E-state index in [1.165, 1.54) is 0 Å². The molecule has 0 radical (unpaired) electrons. The zero-order valence-corrected chi connectivity index (χ0v) is 13.1. The third-order valence-electron chi connectivity index (χ3n) is 2.96. The van der Waals surface area contributed by atoms with E-state index < -0.39 is 0 Å². The summed E-state index contributed by atoms with van der Waals surface area (Å²) >= 11 is 12.1. The lowest BCUT2D eigenvalue weighted by Crippen LogP contribution is -2.12. The van der Waals surface area contributed by atoms with Crippen molar-refractivity contribution in [1.29, 1.82) is 0 Å². The third-order valence-corrected chi connectivity index (χ3v) is 3.43. The molecule has 4 heteroatoms. The van der Waals surface area contributed by atoms with Gasteiger partial charge in [-0.05, 0) is 49.4 Å². The first-order valence-corrected chi connectivity index (χ1v) is 7.29. The molecule has 0 atom stereocenters. The number of halogens is 2. The van der Waals surface area contributed by atoms with Gasteiger partial charge in [0.25, 0.3) is 0 Å². The van der Waals surface area contributed by atoms with Crippen LogP contribution >= 0.6 is 23.2 Å². The molecular weight excluding hydrogens is 293 g/mol. The molecule has 0 aliphatic heterocycles. The molecule has 2 aromatic rings. The van der Waals surface area contributed by atoms with Crippen LogP contribution in [0.3, 0.4) is 0 Å². The van der Waals surface area contributed by atoms with Crippen LogP contribution in [0.2, 0.25) is 10.0 Å². The zero-order chi connectivity index (χ0) is 14.5. The Morgan fingerprint density at radius 3 is 2.45 bits per heavy atom. The molecule has 20 heavy (non-hydrogen) atoms. The second kappa shape index (κ2) is 6.98. The van der Waals surface area contributed by atoms with Crippen LogP contribution in [0.15, 0.2) is 36.4 Å². The predicted octanol–water partition coefficient (Wildman–Crippen LogP) is 5.20. The number of aryl methyl sites for hydroxylation is 1. The number of ether oxygens (including phenoxy) is 1. The molecule has 0 spiro atoms. The summed E-state index contributed by atoms with van der Waals surface area (Å²) in [6.07, 6.45) is 0. The van der Waals surface area contributed by atoms with Crippen molar-refractivity contribution < 1.29 is 4.74 Å². The zero-order valence-electron chi connectivity index (χ0n) is 11.5. The van der Waals surface area contributed by atoms with Gasteiger partial charge in [0.1, 0.15) is 11.5 Å². The van der Waals surface area contributed by atoms with Crippen LogP contribution in [0.25, 0.3) is 0 Å². The Balaban J connectivity index is 2.30. The number of nitrogens with one attached hydrogen (secondary N) is 1. The Hall–Kier alpha value is -1.22. The summed E-state index contributed by atoms with van der Waals surface area (Å²) in [4.78, 5) is 0. The van der Waals surface area contributed by atoms with Crippen molar-refractivity contribution in [3.63, 3.8) is 0 Å². The Kier molecular flexibility index (Phi) is 5.30. The highest BCUT2D eigenvalue weighted by Gasteiger charge is 2.08. The second-order valence-electron chi connectivity index (χ2n) is 4.54. The topological polar surface area (TPSA) is 21.3 Å². The van der Waals surface area contributed by atoms with E-state index in [0.29, 0.717) is 16.6 Å². The quantitative estimate of drug-likeness (QED) is 0.819. The van der Waals surface area contributed by atoms with E-state index in [2.05, 4.69) is 12.2 Å². The molecule has 0 aliphatic carbocycles. The molecule has 0 amide bonds. The highest BCUT2D eigenvalue weighted by atomic mass is 35.5. The van der Waals surface area contributed by atoms with E-state index in [0.717, 1.165) is 29.2 Å². The summed E-state index contributed by atoms with van der Waals surface area (Å²) in [7, 11) is 0. The van der Waals surface area contributed by atoms with Crippen molar-refractivity contribution in [3.05, 3.63) is 57.6 Å². The van der Waals surface area contributed by atoms with E-state index in [9.17, 15) is 0 Å². The Morgan fingerprint density at radius 1 is 1.00 bits per heavy atom. The summed E-state index contributed by atoms with van der Waals surface area (Å²) in [5.74, 6) is 1.55. The van der Waals surface area contributed by atoms with Crippen molar-refractivity contribution in [1.82, 2.24) is 5.32 Å². The lowest BCUT2D eigenvalue weighted by atomic mass is 10.2. The van der Waals surface area contributed by atoms with Crippen molar-refractivity contribution in [2.45, 2.75) is 20.4 Å². The van der Waals surface area contributed by atoms with Gasteiger partial charge < -0.3 is 10.1 Å². The maximum atomic E-state index is 6.05. The summed E-state index contributed by atoms with van der Waals surface area (Å²) in [6.45, 7) is 5.66. The SMILES string of the molecule is CCNCc1cc(Cl)ccc1Oc1cc(Cl)ccc1C. The van der Waals surface area contributed by atoms with E-state index in [4.69, 9.17) is 27.9 Å². The molecule has 0 heterocycles. The van der Waals surface area contributed by atoms with Gasteiger partial charge in [-0.1, -0.05) is 36.2 Å². The average Bonchev–Trinajstić information content (AvgIpc) is 2.43. The van der Waals surface area contributed by atoms with Crippen LogP contribution in [-0.4, -0.2) is 6.54 Å². The number of hydrogen-bond acceptors (Lipinski definition) is 2. The molecule has 0 saturated heterocycles. The van der Waals surface area contributed by atoms with Gasteiger partial charge in [-0.3, -0.25) is 0 Å². The Morgan fingerprint density at radius 2 is 1.70 bits per heavy atom. The Bertz CT molecular complexity index is 599. The summed E-state index contributed by atoms with van der Waals surface area (Å²) < 4.78 is 5.99. The molecule has 106 valence electrons. The van der Waals surface area contributed by atoms with Gasteiger partial charge >= 0.3 is 0 Å². The number of benzene rings is 2. The molecule has 2 rings (SSSR count). The molecular formula is C16H17Cl2NO. The van der Waals surface area contributed by atoms with Crippen molar-refractivity contribution in [2.75, 3.05) is 6.54 Å². The molecule has 0 aliphatic rings. The third kappa shape index (κ3) is 3.89. The minimum Gasteiger partial charge on any atom is -0.457 e. The van der Waals surface area contributed by atoms with Crippen molar-refractivity contribution in [2.24, 2.45) is 0 Å². The van der Waals surface area contributed by atoms with Gasteiger partial charge in [0.05, 0.1) is 0 Å². The molecule has 0 aromatic heterocycles. The molecule has 0 saturated carbocycles. The first kappa shape index (κ1) is 15.2. The second-order valence-corrected chi connectivity index (χ2v) is 5.42. The summed E-state index contributed by atoms with van der Waals surface area (Å²) in [5.41, 5.74) is 2.07. The van der Waals surface area contributed by atoms with Gasteiger partial charge in [0, 0.05) is 22.2 Å². The Labute approximate surface area is 129 Å². The highest BCUT2D eigenvalue weighted by molar-refractivity contribution is 6.31. The molecule has 0 fully saturated rings. The smallest absolute Gasteiger partial charge is 0.132 e. The van der Waals surface area contributed by atoms with Crippen LogP contribution in [0.5, 0.6) is 11.5 Å². The van der Waals surface area contributed by atoms with E-state index in [1.807, 2.05) is 43.3 Å². The monoisotopic (exact) mass is 309 g/mol. The molecule has 0 bridgehead atoms. The van der Waals surface area contributed by atoms with Gasteiger partial charge in [0.15, 0.2) is 0 Å². The van der Waals surface area contributed by atoms with Crippen LogP contribution in [-0.2, 0) is 6.54 Å². The first-order valence-electron chi connectivity index (χ1n) is 6.53. The first-order chi connectivity index (χ1) is 9.60. The average molecular weight is 310 g/mol. The fourth-order valence-electron chi connectivity index (χ4n) is 1.85. The summed E-state index contributed by atoms with van der Waals surface area (Å²) in [5, 5.41) is 4.64. The van der Waals surface area contributed by atoms with Crippen LogP contribution < -0.4 is 10.1 Å². The fraction of sp³-hybridized carbons (Fsp3) is 0.250. The van der Waals surface area contributed by atoms with Crippen molar-refractivity contribution in [3.8, 4) is 11.5 Å².